The summed E-state index contributed by atoms with van der Waals surface area (Å²) in [6.45, 7) is 0.551. The Hall–Kier alpha value is -1.30. The smallest absolute Gasteiger partial charge is 0.410 e. The molecule has 2 saturated heterocycles. The molecular formula is C23H33NO5. The van der Waals surface area contributed by atoms with Crippen molar-refractivity contribution in [3.8, 4) is 0 Å². The molecule has 29 heavy (non-hydrogen) atoms. The van der Waals surface area contributed by atoms with Gasteiger partial charge in [0.15, 0.2) is 6.04 Å². The third kappa shape index (κ3) is 2.92. The van der Waals surface area contributed by atoms with Crippen molar-refractivity contribution < 1.29 is 23.8 Å². The lowest BCUT2D eigenvalue weighted by atomic mass is 9.53. The van der Waals surface area contributed by atoms with E-state index in [2.05, 4.69) is 0 Å². The first-order valence-corrected chi connectivity index (χ1v) is 12.0. The van der Waals surface area contributed by atoms with E-state index in [9.17, 15) is 9.59 Å². The van der Waals surface area contributed by atoms with Crippen LogP contribution in [0.1, 0.15) is 77.0 Å². The molecule has 0 radical (unpaired) electrons. The van der Waals surface area contributed by atoms with Crippen LogP contribution in [-0.4, -0.2) is 47.5 Å². The van der Waals surface area contributed by atoms with Crippen LogP contribution in [0.4, 0.5) is 4.79 Å². The second-order valence-corrected chi connectivity index (χ2v) is 10.5. The zero-order valence-electron chi connectivity index (χ0n) is 17.2. The maximum Gasteiger partial charge on any atom is 0.410 e. The molecule has 6 heteroatoms. The number of piperidine rings is 1. The lowest BCUT2D eigenvalue weighted by Crippen LogP contribution is -2.70. The fraction of sp³-hybridized carbons (Fsp3) is 0.913. The molecule has 1 amide bonds. The number of hydrogen-bond donors (Lipinski definition) is 0. The Bertz CT molecular complexity index is 659. The number of ether oxygens (including phenoxy) is 3. The van der Waals surface area contributed by atoms with E-state index in [-0.39, 0.29) is 24.3 Å². The molecule has 2 aliphatic heterocycles. The normalized spacial score (nSPS) is 46.5. The lowest BCUT2D eigenvalue weighted by molar-refractivity contribution is -0.364. The Kier molecular flexibility index (Phi) is 4.37. The van der Waals surface area contributed by atoms with Crippen molar-refractivity contribution in [3.05, 3.63) is 0 Å². The predicted molar refractivity (Wildman–Crippen MR) is 104 cm³/mol. The largest absolute Gasteiger partial charge is 0.446 e. The molecule has 160 valence electrons. The van der Waals surface area contributed by atoms with Crippen LogP contribution in [0.5, 0.6) is 0 Å². The number of nitrogens with zero attached hydrogens (tertiary/aromatic N) is 1. The molecular weight excluding hydrogens is 370 g/mol. The molecule has 0 aromatic heterocycles. The number of fused-ring (bicyclic) bond motifs is 1. The summed E-state index contributed by atoms with van der Waals surface area (Å²) in [6.07, 6.45) is 12.2. The second kappa shape index (κ2) is 6.86. The van der Waals surface area contributed by atoms with Crippen molar-refractivity contribution in [2.24, 2.45) is 23.7 Å². The van der Waals surface area contributed by atoms with Gasteiger partial charge in [-0.3, -0.25) is 4.90 Å². The molecule has 2 heterocycles. The average Bonchev–Trinajstić information content (AvgIpc) is 2.72. The van der Waals surface area contributed by atoms with E-state index in [1.807, 2.05) is 0 Å². The van der Waals surface area contributed by atoms with E-state index in [0.29, 0.717) is 18.4 Å². The topological polar surface area (TPSA) is 65.1 Å². The van der Waals surface area contributed by atoms with Crippen LogP contribution in [0.15, 0.2) is 0 Å². The first kappa shape index (κ1) is 18.5. The summed E-state index contributed by atoms with van der Waals surface area (Å²) in [4.78, 5) is 27.8. The zero-order chi connectivity index (χ0) is 19.6. The van der Waals surface area contributed by atoms with Crippen molar-refractivity contribution >= 4 is 12.1 Å². The molecule has 2 unspecified atom stereocenters. The summed E-state index contributed by atoms with van der Waals surface area (Å²) < 4.78 is 18.7. The van der Waals surface area contributed by atoms with Gasteiger partial charge in [-0.15, -0.1) is 0 Å². The highest BCUT2D eigenvalue weighted by atomic mass is 16.7. The summed E-state index contributed by atoms with van der Waals surface area (Å²) in [5.41, 5.74) is 0. The van der Waals surface area contributed by atoms with Gasteiger partial charge >= 0.3 is 12.1 Å². The third-order valence-corrected chi connectivity index (χ3v) is 8.74. The molecule has 4 bridgehead atoms. The summed E-state index contributed by atoms with van der Waals surface area (Å²) in [7, 11) is 0. The van der Waals surface area contributed by atoms with Crippen LogP contribution >= 0.6 is 0 Å². The first-order valence-electron chi connectivity index (χ1n) is 12.0. The van der Waals surface area contributed by atoms with Crippen molar-refractivity contribution in [3.63, 3.8) is 0 Å². The van der Waals surface area contributed by atoms with E-state index in [1.54, 1.807) is 4.90 Å². The van der Waals surface area contributed by atoms with Gasteiger partial charge in [-0.05, 0) is 82.5 Å². The van der Waals surface area contributed by atoms with Crippen molar-refractivity contribution in [2.45, 2.75) is 101 Å². The van der Waals surface area contributed by atoms with E-state index in [0.717, 1.165) is 76.0 Å². The molecule has 0 N–H and O–H groups in total. The van der Waals surface area contributed by atoms with Crippen LogP contribution < -0.4 is 0 Å². The molecule has 5 aliphatic carbocycles. The highest BCUT2D eigenvalue weighted by Gasteiger charge is 2.65. The first-order chi connectivity index (χ1) is 14.1. The van der Waals surface area contributed by atoms with Crippen LogP contribution in [-0.2, 0) is 19.0 Å². The number of hydrogen-bond acceptors (Lipinski definition) is 5. The minimum absolute atomic E-state index is 0.00655. The van der Waals surface area contributed by atoms with Gasteiger partial charge < -0.3 is 14.2 Å². The second-order valence-electron chi connectivity index (χ2n) is 10.5. The van der Waals surface area contributed by atoms with Gasteiger partial charge in [0.1, 0.15) is 6.10 Å². The van der Waals surface area contributed by atoms with Gasteiger partial charge in [-0.2, -0.15) is 0 Å². The van der Waals surface area contributed by atoms with E-state index < -0.39 is 11.8 Å². The van der Waals surface area contributed by atoms with Gasteiger partial charge in [0, 0.05) is 18.4 Å². The Morgan fingerprint density at radius 2 is 1.62 bits per heavy atom. The van der Waals surface area contributed by atoms with E-state index in [4.69, 9.17) is 14.2 Å². The maximum absolute atomic E-state index is 13.3. The Balaban J connectivity index is 1.20. The molecule has 2 atom stereocenters. The molecule has 7 aliphatic rings. The summed E-state index contributed by atoms with van der Waals surface area (Å²) in [6, 6.07) is -0.636. The molecule has 1 spiro atoms. The number of likely N-dealkylation sites (tertiary alicyclic amines) is 1. The van der Waals surface area contributed by atoms with Crippen LogP contribution in [0.25, 0.3) is 0 Å². The molecule has 7 rings (SSSR count). The molecule has 5 saturated carbocycles. The van der Waals surface area contributed by atoms with Crippen molar-refractivity contribution in [2.75, 3.05) is 6.54 Å². The Morgan fingerprint density at radius 1 is 0.931 bits per heavy atom. The van der Waals surface area contributed by atoms with Gasteiger partial charge in [0.2, 0.25) is 5.79 Å². The van der Waals surface area contributed by atoms with Crippen molar-refractivity contribution in [1.82, 2.24) is 4.90 Å². The number of rotatable bonds is 1. The van der Waals surface area contributed by atoms with E-state index >= 15 is 0 Å². The summed E-state index contributed by atoms with van der Waals surface area (Å²) >= 11 is 0. The highest BCUT2D eigenvalue weighted by Crippen LogP contribution is 2.61. The minimum Gasteiger partial charge on any atom is -0.446 e. The standard InChI is InChI=1S/C23H33NO5/c25-21-20-19(7-4-8-24(20)22(26)27-18-5-2-1-3-6-18)28-23(29-21)16-10-14-9-15(12-16)13-17(23)11-14/h14-20H,1-13H2. The SMILES string of the molecule is O=C1OC2(OC3CCCN(C(=O)OC4CCCCC4)C13)C1CC3CC(C1)CC2C3. The van der Waals surface area contributed by atoms with Crippen LogP contribution in [0, 0.1) is 23.7 Å². The Labute approximate surface area is 172 Å². The lowest BCUT2D eigenvalue weighted by Gasteiger charge is -2.62. The number of esters is 1. The molecule has 0 aromatic carbocycles. The minimum atomic E-state index is -0.720. The fourth-order valence-electron chi connectivity index (χ4n) is 7.64. The van der Waals surface area contributed by atoms with Gasteiger partial charge in [-0.1, -0.05) is 6.42 Å². The number of amides is 1. The van der Waals surface area contributed by atoms with Crippen LogP contribution in [0.2, 0.25) is 0 Å². The fourth-order valence-corrected chi connectivity index (χ4v) is 7.64. The monoisotopic (exact) mass is 403 g/mol. The third-order valence-electron chi connectivity index (χ3n) is 8.74. The zero-order valence-corrected chi connectivity index (χ0v) is 17.2. The van der Waals surface area contributed by atoms with Crippen LogP contribution in [0.3, 0.4) is 0 Å². The number of carbonyl (C=O) groups excluding carboxylic acids is 2. The van der Waals surface area contributed by atoms with Gasteiger partial charge in [-0.25, -0.2) is 9.59 Å². The molecule has 6 nitrogen and oxygen atoms in total. The molecule has 0 aromatic rings. The maximum atomic E-state index is 13.3. The average molecular weight is 404 g/mol. The van der Waals surface area contributed by atoms with Crippen molar-refractivity contribution in [1.29, 1.82) is 0 Å². The summed E-state index contributed by atoms with van der Waals surface area (Å²) in [5.74, 6) is 1.28. The highest BCUT2D eigenvalue weighted by molar-refractivity contribution is 5.83. The van der Waals surface area contributed by atoms with E-state index in [1.165, 1.54) is 12.8 Å². The number of carbonyl (C=O) groups is 2. The molecule has 7 fully saturated rings. The quantitative estimate of drug-likeness (QED) is 0.619. The summed E-state index contributed by atoms with van der Waals surface area (Å²) in [5, 5.41) is 0. The van der Waals surface area contributed by atoms with Gasteiger partial charge in [0.05, 0.1) is 6.10 Å². The Morgan fingerprint density at radius 3 is 2.31 bits per heavy atom. The predicted octanol–water partition coefficient (Wildman–Crippen LogP) is 4.01. The van der Waals surface area contributed by atoms with Gasteiger partial charge in [0.25, 0.3) is 0 Å².